The first-order valence-electron chi connectivity index (χ1n) is 5.96. The second-order valence-electron chi connectivity index (χ2n) is 4.46. The molecule has 0 aliphatic heterocycles. The summed E-state index contributed by atoms with van der Waals surface area (Å²) in [6, 6.07) is 8.75. The number of rotatable bonds is 4. The Bertz CT molecular complexity index is 799. The van der Waals surface area contributed by atoms with Crippen LogP contribution in [0.4, 0.5) is 0 Å². The van der Waals surface area contributed by atoms with Crippen LogP contribution in [0, 0.1) is 6.92 Å². The lowest BCUT2D eigenvalue weighted by molar-refractivity contribution is 0.0693. The van der Waals surface area contributed by atoms with Crippen molar-refractivity contribution in [1.82, 2.24) is 4.98 Å². The predicted molar refractivity (Wildman–Crippen MR) is 75.6 cm³/mol. The number of hydrogen-bond donors (Lipinski definition) is 1. The lowest BCUT2D eigenvalue weighted by atomic mass is 10.2. The summed E-state index contributed by atoms with van der Waals surface area (Å²) in [7, 11) is -3.37. The van der Waals surface area contributed by atoms with E-state index in [1.54, 1.807) is 13.0 Å². The van der Waals surface area contributed by atoms with Gasteiger partial charge < -0.3 is 9.84 Å². The third-order valence-electron chi connectivity index (χ3n) is 2.68. The summed E-state index contributed by atoms with van der Waals surface area (Å²) < 4.78 is 28.4. The molecule has 0 saturated heterocycles. The average Bonchev–Trinajstić information content (AvgIpc) is 2.37. The van der Waals surface area contributed by atoms with Gasteiger partial charge in [-0.3, -0.25) is 0 Å². The number of pyridine rings is 1. The molecule has 1 aromatic carbocycles. The maximum absolute atomic E-state index is 11.5. The van der Waals surface area contributed by atoms with E-state index in [4.69, 9.17) is 9.84 Å². The highest BCUT2D eigenvalue weighted by Crippen LogP contribution is 2.25. The van der Waals surface area contributed by atoms with Crippen molar-refractivity contribution in [3.63, 3.8) is 0 Å². The summed E-state index contributed by atoms with van der Waals surface area (Å²) in [5.41, 5.74) is 0.500. The Balaban J connectivity index is 2.43. The first-order chi connectivity index (χ1) is 9.77. The minimum absolute atomic E-state index is 0.0758. The van der Waals surface area contributed by atoms with Gasteiger partial charge in [0.15, 0.2) is 9.84 Å². The smallest absolute Gasteiger partial charge is 0.341 e. The molecule has 2 rings (SSSR count). The van der Waals surface area contributed by atoms with Crippen molar-refractivity contribution >= 4 is 15.8 Å². The first-order valence-corrected chi connectivity index (χ1v) is 7.85. The quantitative estimate of drug-likeness (QED) is 0.931. The largest absolute Gasteiger partial charge is 0.477 e. The van der Waals surface area contributed by atoms with Gasteiger partial charge in [0.05, 0.1) is 4.90 Å². The molecule has 0 aliphatic rings. The first kappa shape index (κ1) is 15.0. The third-order valence-corrected chi connectivity index (χ3v) is 3.79. The molecular formula is C14H13NO5S. The van der Waals surface area contributed by atoms with E-state index in [1.807, 2.05) is 0 Å². The molecule has 0 spiro atoms. The van der Waals surface area contributed by atoms with Crippen LogP contribution in [0.5, 0.6) is 11.6 Å². The Labute approximate surface area is 121 Å². The van der Waals surface area contributed by atoms with E-state index < -0.39 is 15.8 Å². The van der Waals surface area contributed by atoms with E-state index >= 15 is 0 Å². The van der Waals surface area contributed by atoms with E-state index in [1.165, 1.54) is 30.3 Å². The molecule has 0 saturated carbocycles. The molecule has 0 unspecified atom stereocenters. The zero-order chi connectivity index (χ0) is 15.6. The molecular weight excluding hydrogens is 294 g/mol. The van der Waals surface area contributed by atoms with E-state index in [0.29, 0.717) is 5.69 Å². The molecule has 0 atom stereocenters. The van der Waals surface area contributed by atoms with E-state index in [0.717, 1.165) is 6.26 Å². The van der Waals surface area contributed by atoms with Gasteiger partial charge in [-0.25, -0.2) is 18.2 Å². The Morgan fingerprint density at radius 3 is 2.57 bits per heavy atom. The van der Waals surface area contributed by atoms with E-state index in [-0.39, 0.29) is 22.1 Å². The van der Waals surface area contributed by atoms with Crippen LogP contribution >= 0.6 is 0 Å². The number of benzene rings is 1. The fourth-order valence-electron chi connectivity index (χ4n) is 1.65. The Morgan fingerprint density at radius 2 is 1.95 bits per heavy atom. The van der Waals surface area contributed by atoms with Crippen molar-refractivity contribution < 1.29 is 23.1 Å². The van der Waals surface area contributed by atoms with Crippen molar-refractivity contribution in [2.24, 2.45) is 0 Å². The lowest BCUT2D eigenvalue weighted by Gasteiger charge is -2.09. The summed E-state index contributed by atoms with van der Waals surface area (Å²) in [6.07, 6.45) is 1.08. The number of carboxylic acid groups (broad SMARTS) is 1. The van der Waals surface area contributed by atoms with Crippen LogP contribution < -0.4 is 4.74 Å². The average molecular weight is 307 g/mol. The normalized spacial score (nSPS) is 11.1. The number of hydrogen-bond acceptors (Lipinski definition) is 5. The van der Waals surface area contributed by atoms with Gasteiger partial charge in [0.25, 0.3) is 0 Å². The maximum Gasteiger partial charge on any atom is 0.341 e. The molecule has 2 aromatic rings. The van der Waals surface area contributed by atoms with Gasteiger partial charge in [-0.1, -0.05) is 6.07 Å². The molecule has 7 heteroatoms. The highest BCUT2D eigenvalue weighted by molar-refractivity contribution is 7.90. The number of carboxylic acids is 1. The van der Waals surface area contributed by atoms with Gasteiger partial charge in [0, 0.05) is 11.9 Å². The standard InChI is InChI=1S/C14H13NO5S/c1-9-6-7-12(14(16)17)13(15-9)20-10-4-3-5-11(8-10)21(2,18)19/h3-8H,1-2H3,(H,16,17). The second kappa shape index (κ2) is 5.53. The van der Waals surface area contributed by atoms with Crippen LogP contribution in [-0.2, 0) is 9.84 Å². The van der Waals surface area contributed by atoms with Crippen molar-refractivity contribution in [3.8, 4) is 11.6 Å². The molecule has 110 valence electrons. The molecule has 0 amide bonds. The van der Waals surface area contributed by atoms with Crippen LogP contribution in [0.25, 0.3) is 0 Å². The topological polar surface area (TPSA) is 93.6 Å². The monoisotopic (exact) mass is 307 g/mol. The van der Waals surface area contributed by atoms with E-state index in [2.05, 4.69) is 4.98 Å². The van der Waals surface area contributed by atoms with Crippen LogP contribution in [-0.4, -0.2) is 30.7 Å². The van der Waals surface area contributed by atoms with Gasteiger partial charge in [0.1, 0.15) is 11.3 Å². The molecule has 1 aromatic heterocycles. The fraction of sp³-hybridized carbons (Fsp3) is 0.143. The number of nitrogens with zero attached hydrogens (tertiary/aromatic N) is 1. The van der Waals surface area contributed by atoms with Crippen LogP contribution in [0.3, 0.4) is 0 Å². The molecule has 0 bridgehead atoms. The molecule has 21 heavy (non-hydrogen) atoms. The molecule has 1 heterocycles. The van der Waals surface area contributed by atoms with Crippen molar-refractivity contribution in [2.45, 2.75) is 11.8 Å². The van der Waals surface area contributed by atoms with Crippen molar-refractivity contribution in [2.75, 3.05) is 6.26 Å². The Hall–Kier alpha value is -2.41. The number of aromatic nitrogens is 1. The summed E-state index contributed by atoms with van der Waals surface area (Å²) in [5, 5.41) is 9.10. The SMILES string of the molecule is Cc1ccc(C(=O)O)c(Oc2cccc(S(C)(=O)=O)c2)n1. The highest BCUT2D eigenvalue weighted by atomic mass is 32.2. The van der Waals surface area contributed by atoms with Crippen LogP contribution in [0.2, 0.25) is 0 Å². The van der Waals surface area contributed by atoms with Gasteiger partial charge >= 0.3 is 5.97 Å². The minimum Gasteiger partial charge on any atom is -0.477 e. The number of aryl methyl sites for hydroxylation is 1. The van der Waals surface area contributed by atoms with Crippen LogP contribution in [0.1, 0.15) is 16.1 Å². The second-order valence-corrected chi connectivity index (χ2v) is 6.48. The molecule has 6 nitrogen and oxygen atoms in total. The Kier molecular flexibility index (Phi) is 3.95. The molecule has 0 aliphatic carbocycles. The zero-order valence-corrected chi connectivity index (χ0v) is 12.2. The summed E-state index contributed by atoms with van der Waals surface area (Å²) in [5.74, 6) is -1.04. The molecule has 1 N–H and O–H groups in total. The highest BCUT2D eigenvalue weighted by Gasteiger charge is 2.15. The van der Waals surface area contributed by atoms with Crippen LogP contribution in [0.15, 0.2) is 41.3 Å². The van der Waals surface area contributed by atoms with Gasteiger partial charge in [0.2, 0.25) is 5.88 Å². The van der Waals surface area contributed by atoms with Gasteiger partial charge in [-0.05, 0) is 37.3 Å². The summed E-state index contributed by atoms with van der Waals surface area (Å²) >= 11 is 0. The number of carbonyl (C=O) groups is 1. The zero-order valence-electron chi connectivity index (χ0n) is 11.4. The predicted octanol–water partition coefficient (Wildman–Crippen LogP) is 2.28. The molecule has 0 fully saturated rings. The number of sulfone groups is 1. The maximum atomic E-state index is 11.5. The number of aromatic carboxylic acids is 1. The van der Waals surface area contributed by atoms with Crippen molar-refractivity contribution in [3.05, 3.63) is 47.7 Å². The van der Waals surface area contributed by atoms with Gasteiger partial charge in [-0.2, -0.15) is 0 Å². The third kappa shape index (κ3) is 3.57. The summed E-state index contributed by atoms with van der Waals surface area (Å²) in [6.45, 7) is 1.70. The lowest BCUT2D eigenvalue weighted by Crippen LogP contribution is -2.03. The van der Waals surface area contributed by atoms with E-state index in [9.17, 15) is 13.2 Å². The van der Waals surface area contributed by atoms with Crippen molar-refractivity contribution in [1.29, 1.82) is 0 Å². The minimum atomic E-state index is -3.37. The van der Waals surface area contributed by atoms with Gasteiger partial charge in [-0.15, -0.1) is 0 Å². The molecule has 0 radical (unpaired) electrons. The number of ether oxygens (including phenoxy) is 1. The fourth-order valence-corrected chi connectivity index (χ4v) is 2.31. The Morgan fingerprint density at radius 1 is 1.24 bits per heavy atom. The summed E-state index contributed by atoms with van der Waals surface area (Å²) in [4.78, 5) is 15.3.